The van der Waals surface area contributed by atoms with Crippen molar-refractivity contribution in [3.63, 3.8) is 0 Å². The highest BCUT2D eigenvalue weighted by Crippen LogP contribution is 2.28. The zero-order chi connectivity index (χ0) is 8.81. The normalized spacial score (nSPS) is 29.5. The van der Waals surface area contributed by atoms with E-state index in [1.54, 1.807) is 0 Å². The van der Waals surface area contributed by atoms with Crippen LogP contribution in [0.2, 0.25) is 0 Å². The first-order valence-electron chi connectivity index (χ1n) is 4.84. The van der Waals surface area contributed by atoms with Crippen molar-refractivity contribution in [1.29, 1.82) is 0 Å². The summed E-state index contributed by atoms with van der Waals surface area (Å²) >= 11 is 2.00. The highest BCUT2D eigenvalue weighted by atomic mass is 32.2. The standard InChI is InChI=1S/C9H20N2S/c1-12-9-5-2-4-8(9)11-7-3-6-10/h8-9,11H,2-7,10H2,1H3. The van der Waals surface area contributed by atoms with E-state index in [2.05, 4.69) is 11.6 Å². The molecule has 3 N–H and O–H groups in total. The minimum absolute atomic E-state index is 0.756. The number of nitrogens with two attached hydrogens (primary N) is 1. The minimum Gasteiger partial charge on any atom is -0.330 e. The molecule has 3 heteroatoms. The lowest BCUT2D eigenvalue weighted by Crippen LogP contribution is -2.35. The molecular weight excluding hydrogens is 168 g/mol. The van der Waals surface area contributed by atoms with E-state index in [1.165, 1.54) is 19.3 Å². The lowest BCUT2D eigenvalue weighted by Gasteiger charge is -2.18. The van der Waals surface area contributed by atoms with Gasteiger partial charge in [0.1, 0.15) is 0 Å². The number of rotatable bonds is 5. The van der Waals surface area contributed by atoms with Crippen molar-refractivity contribution in [2.24, 2.45) is 5.73 Å². The van der Waals surface area contributed by atoms with Crippen LogP contribution in [0.1, 0.15) is 25.7 Å². The van der Waals surface area contributed by atoms with Crippen molar-refractivity contribution >= 4 is 11.8 Å². The van der Waals surface area contributed by atoms with E-state index >= 15 is 0 Å². The van der Waals surface area contributed by atoms with Gasteiger partial charge >= 0.3 is 0 Å². The first-order valence-corrected chi connectivity index (χ1v) is 6.13. The van der Waals surface area contributed by atoms with Gasteiger partial charge < -0.3 is 11.1 Å². The lowest BCUT2D eigenvalue weighted by molar-refractivity contribution is 0.525. The van der Waals surface area contributed by atoms with Gasteiger partial charge in [-0.1, -0.05) is 6.42 Å². The molecule has 0 aromatic rings. The molecule has 0 radical (unpaired) electrons. The summed E-state index contributed by atoms with van der Waals surface area (Å²) in [6.45, 7) is 1.90. The molecule has 72 valence electrons. The van der Waals surface area contributed by atoms with Gasteiger partial charge in [-0.25, -0.2) is 0 Å². The maximum atomic E-state index is 5.44. The number of nitrogens with one attached hydrogen (secondary N) is 1. The van der Waals surface area contributed by atoms with Gasteiger partial charge in [0.05, 0.1) is 0 Å². The second kappa shape index (κ2) is 5.84. The summed E-state index contributed by atoms with van der Waals surface area (Å²) in [5.41, 5.74) is 5.44. The summed E-state index contributed by atoms with van der Waals surface area (Å²) in [7, 11) is 0. The smallest absolute Gasteiger partial charge is 0.0198 e. The van der Waals surface area contributed by atoms with Gasteiger partial charge in [-0.15, -0.1) is 0 Å². The van der Waals surface area contributed by atoms with E-state index in [0.717, 1.165) is 30.8 Å². The Morgan fingerprint density at radius 2 is 2.33 bits per heavy atom. The molecule has 1 rings (SSSR count). The summed E-state index contributed by atoms with van der Waals surface area (Å²) in [6, 6.07) is 0.756. The van der Waals surface area contributed by atoms with Crippen molar-refractivity contribution in [3.05, 3.63) is 0 Å². The zero-order valence-corrected chi connectivity index (χ0v) is 8.70. The molecule has 0 amide bonds. The average Bonchev–Trinajstić information content (AvgIpc) is 2.52. The molecule has 0 aromatic carbocycles. The van der Waals surface area contributed by atoms with E-state index in [4.69, 9.17) is 5.73 Å². The van der Waals surface area contributed by atoms with Gasteiger partial charge in [0.15, 0.2) is 0 Å². The van der Waals surface area contributed by atoms with E-state index in [9.17, 15) is 0 Å². The molecule has 1 saturated carbocycles. The zero-order valence-electron chi connectivity index (χ0n) is 7.88. The number of hydrogen-bond acceptors (Lipinski definition) is 3. The Balaban J connectivity index is 2.12. The van der Waals surface area contributed by atoms with E-state index < -0.39 is 0 Å². The average molecular weight is 188 g/mol. The third kappa shape index (κ3) is 2.96. The molecule has 0 heterocycles. The number of thioether (sulfide) groups is 1. The third-order valence-corrected chi connectivity index (χ3v) is 3.71. The molecule has 1 fully saturated rings. The van der Waals surface area contributed by atoms with Crippen molar-refractivity contribution in [1.82, 2.24) is 5.32 Å². The van der Waals surface area contributed by atoms with Crippen LogP contribution in [0.3, 0.4) is 0 Å². The summed E-state index contributed by atoms with van der Waals surface area (Å²) in [6.07, 6.45) is 7.47. The van der Waals surface area contributed by atoms with Crippen LogP contribution in [0.15, 0.2) is 0 Å². The minimum atomic E-state index is 0.756. The van der Waals surface area contributed by atoms with Gasteiger partial charge in [-0.3, -0.25) is 0 Å². The molecule has 2 atom stereocenters. The Morgan fingerprint density at radius 1 is 1.50 bits per heavy atom. The molecule has 0 aliphatic heterocycles. The van der Waals surface area contributed by atoms with Crippen molar-refractivity contribution < 1.29 is 0 Å². The molecule has 1 aliphatic carbocycles. The van der Waals surface area contributed by atoms with E-state index in [1.807, 2.05) is 11.8 Å². The third-order valence-electron chi connectivity index (χ3n) is 2.54. The van der Waals surface area contributed by atoms with Crippen LogP contribution in [0.5, 0.6) is 0 Å². The van der Waals surface area contributed by atoms with Crippen molar-refractivity contribution in [2.75, 3.05) is 19.3 Å². The van der Waals surface area contributed by atoms with Gasteiger partial charge in [0.2, 0.25) is 0 Å². The second-order valence-electron chi connectivity index (χ2n) is 3.41. The van der Waals surface area contributed by atoms with Gasteiger partial charge in [-0.2, -0.15) is 11.8 Å². The molecule has 0 bridgehead atoms. The van der Waals surface area contributed by atoms with Crippen LogP contribution in [-0.4, -0.2) is 30.6 Å². The highest BCUT2D eigenvalue weighted by molar-refractivity contribution is 7.99. The quantitative estimate of drug-likeness (QED) is 0.637. The molecule has 0 spiro atoms. The van der Waals surface area contributed by atoms with Crippen LogP contribution in [0.4, 0.5) is 0 Å². The Labute approximate surface area is 79.7 Å². The predicted molar refractivity (Wildman–Crippen MR) is 56.6 cm³/mol. The fraction of sp³-hybridized carbons (Fsp3) is 1.00. The van der Waals surface area contributed by atoms with Crippen LogP contribution in [-0.2, 0) is 0 Å². The SMILES string of the molecule is CSC1CCCC1NCCCN. The van der Waals surface area contributed by atoms with Crippen LogP contribution >= 0.6 is 11.8 Å². The maximum Gasteiger partial charge on any atom is 0.0198 e. The van der Waals surface area contributed by atoms with Gasteiger partial charge in [0, 0.05) is 11.3 Å². The van der Waals surface area contributed by atoms with E-state index in [0.29, 0.717) is 0 Å². The molecule has 0 aromatic heterocycles. The van der Waals surface area contributed by atoms with Crippen LogP contribution in [0.25, 0.3) is 0 Å². The second-order valence-corrected chi connectivity index (χ2v) is 4.48. The molecule has 0 saturated heterocycles. The Morgan fingerprint density at radius 3 is 3.00 bits per heavy atom. The summed E-state index contributed by atoms with van der Waals surface area (Å²) in [4.78, 5) is 0. The maximum absolute atomic E-state index is 5.44. The summed E-state index contributed by atoms with van der Waals surface area (Å²) in [5, 5.41) is 4.43. The predicted octanol–water partition coefficient (Wildman–Crippen LogP) is 1.21. The first-order chi connectivity index (χ1) is 5.88. The lowest BCUT2D eigenvalue weighted by atomic mass is 10.2. The topological polar surface area (TPSA) is 38.0 Å². The molecule has 2 nitrogen and oxygen atoms in total. The van der Waals surface area contributed by atoms with Crippen molar-refractivity contribution in [2.45, 2.75) is 37.0 Å². The fourth-order valence-corrected chi connectivity index (χ4v) is 2.79. The molecule has 12 heavy (non-hydrogen) atoms. The largest absolute Gasteiger partial charge is 0.330 e. The van der Waals surface area contributed by atoms with Crippen molar-refractivity contribution in [3.8, 4) is 0 Å². The first kappa shape index (κ1) is 10.4. The monoisotopic (exact) mass is 188 g/mol. The van der Waals surface area contributed by atoms with Crippen LogP contribution in [0, 0.1) is 0 Å². The summed E-state index contributed by atoms with van der Waals surface area (Å²) < 4.78 is 0. The molecule has 1 aliphatic rings. The van der Waals surface area contributed by atoms with Crippen LogP contribution < -0.4 is 11.1 Å². The Kier molecular flexibility index (Phi) is 5.04. The summed E-state index contributed by atoms with van der Waals surface area (Å²) in [5.74, 6) is 0. The Hall–Kier alpha value is 0.270. The van der Waals surface area contributed by atoms with Gasteiger partial charge in [-0.05, 0) is 38.6 Å². The molecule has 2 unspecified atom stereocenters. The fourth-order valence-electron chi connectivity index (χ4n) is 1.83. The molecular formula is C9H20N2S. The Bertz CT molecular complexity index is 119. The van der Waals surface area contributed by atoms with Gasteiger partial charge in [0.25, 0.3) is 0 Å². The number of hydrogen-bond donors (Lipinski definition) is 2. The highest BCUT2D eigenvalue weighted by Gasteiger charge is 2.25. The van der Waals surface area contributed by atoms with E-state index in [-0.39, 0.29) is 0 Å².